The second kappa shape index (κ2) is 6.07. The zero-order chi connectivity index (χ0) is 15.5. The lowest BCUT2D eigenvalue weighted by Gasteiger charge is -2.04. The molecule has 0 amide bonds. The van der Waals surface area contributed by atoms with Crippen molar-refractivity contribution in [2.45, 2.75) is 6.61 Å². The highest BCUT2D eigenvalue weighted by molar-refractivity contribution is 7.13. The molecule has 0 radical (unpaired) electrons. The number of carbonyl (C=O) groups is 1. The molecule has 0 bridgehead atoms. The van der Waals surface area contributed by atoms with Gasteiger partial charge in [-0.25, -0.2) is 13.6 Å². The zero-order valence-electron chi connectivity index (χ0n) is 11.1. The van der Waals surface area contributed by atoms with E-state index in [1.54, 1.807) is 6.07 Å². The maximum atomic E-state index is 13.4. The normalized spacial score (nSPS) is 10.6. The first-order chi connectivity index (χ1) is 10.6. The lowest BCUT2D eigenvalue weighted by molar-refractivity contribution is 0.0453. The van der Waals surface area contributed by atoms with Crippen LogP contribution in [0.25, 0.3) is 10.6 Å². The molecule has 22 heavy (non-hydrogen) atoms. The number of thiophene rings is 1. The van der Waals surface area contributed by atoms with Crippen LogP contribution in [0.2, 0.25) is 0 Å². The number of halogens is 2. The number of nitrogens with zero attached hydrogens (tertiary/aromatic N) is 1. The molecular formula is C15H9F2NO3S. The minimum absolute atomic E-state index is 0.235. The van der Waals surface area contributed by atoms with E-state index in [2.05, 4.69) is 5.16 Å². The van der Waals surface area contributed by atoms with Crippen molar-refractivity contribution in [1.82, 2.24) is 5.16 Å². The van der Waals surface area contributed by atoms with Gasteiger partial charge >= 0.3 is 5.97 Å². The third kappa shape index (κ3) is 2.89. The summed E-state index contributed by atoms with van der Waals surface area (Å²) in [7, 11) is 0. The molecule has 4 nitrogen and oxygen atoms in total. The highest BCUT2D eigenvalue weighted by atomic mass is 32.1. The van der Waals surface area contributed by atoms with Crippen LogP contribution in [0.3, 0.4) is 0 Å². The van der Waals surface area contributed by atoms with Crippen molar-refractivity contribution in [3.63, 3.8) is 0 Å². The largest absolute Gasteiger partial charge is 0.455 e. The Balaban J connectivity index is 1.69. The maximum Gasteiger partial charge on any atom is 0.344 e. The molecule has 0 aliphatic heterocycles. The monoisotopic (exact) mass is 321 g/mol. The predicted octanol–water partition coefficient (Wildman–Crippen LogP) is 4.04. The summed E-state index contributed by atoms with van der Waals surface area (Å²) in [6.45, 7) is -0.235. The van der Waals surface area contributed by atoms with E-state index in [4.69, 9.17) is 9.26 Å². The molecule has 0 saturated carbocycles. The van der Waals surface area contributed by atoms with E-state index in [1.807, 2.05) is 17.5 Å². The highest BCUT2D eigenvalue weighted by Crippen LogP contribution is 2.25. The fraction of sp³-hybridized carbons (Fsp3) is 0.0667. The first-order valence-electron chi connectivity index (χ1n) is 6.26. The quantitative estimate of drug-likeness (QED) is 0.681. The van der Waals surface area contributed by atoms with Gasteiger partial charge in [0.15, 0.2) is 5.76 Å². The zero-order valence-corrected chi connectivity index (χ0v) is 11.9. The van der Waals surface area contributed by atoms with Gasteiger partial charge in [-0.05, 0) is 23.6 Å². The van der Waals surface area contributed by atoms with Gasteiger partial charge in [-0.3, -0.25) is 0 Å². The summed E-state index contributed by atoms with van der Waals surface area (Å²) in [5.74, 6) is -2.48. The van der Waals surface area contributed by atoms with Crippen LogP contribution in [-0.2, 0) is 11.3 Å². The Morgan fingerprint density at radius 1 is 1.23 bits per heavy atom. The number of ether oxygens (including phenoxy) is 1. The summed E-state index contributed by atoms with van der Waals surface area (Å²) in [5.41, 5.74) is -0.363. The van der Waals surface area contributed by atoms with E-state index < -0.39 is 23.2 Å². The summed E-state index contributed by atoms with van der Waals surface area (Å²) in [6.07, 6.45) is 0. The Bertz CT molecular complexity index is 779. The van der Waals surface area contributed by atoms with E-state index in [0.717, 1.165) is 17.0 Å². The average molecular weight is 321 g/mol. The summed E-state index contributed by atoms with van der Waals surface area (Å²) in [6, 6.07) is 8.48. The van der Waals surface area contributed by atoms with Crippen molar-refractivity contribution in [1.29, 1.82) is 0 Å². The Morgan fingerprint density at radius 2 is 2.00 bits per heavy atom. The Labute approximate surface area is 127 Å². The van der Waals surface area contributed by atoms with E-state index in [0.29, 0.717) is 11.5 Å². The third-order valence-electron chi connectivity index (χ3n) is 2.84. The molecule has 2 aromatic heterocycles. The summed E-state index contributed by atoms with van der Waals surface area (Å²) < 4.78 is 36.9. The van der Waals surface area contributed by atoms with Gasteiger partial charge in [0, 0.05) is 6.07 Å². The standard InChI is InChI=1S/C15H9F2NO3S/c16-10-3-1-4-11(17)14(10)15(19)20-8-9-7-12(21-18-9)13-5-2-6-22-13/h1-7H,8H2. The number of esters is 1. The Kier molecular flexibility index (Phi) is 3.97. The van der Waals surface area contributed by atoms with Crippen LogP contribution in [0.1, 0.15) is 16.1 Å². The number of hydrogen-bond acceptors (Lipinski definition) is 5. The fourth-order valence-corrected chi connectivity index (χ4v) is 2.49. The van der Waals surface area contributed by atoms with Crippen molar-refractivity contribution in [2.24, 2.45) is 0 Å². The van der Waals surface area contributed by atoms with Crippen LogP contribution in [-0.4, -0.2) is 11.1 Å². The van der Waals surface area contributed by atoms with Crippen LogP contribution in [0, 0.1) is 11.6 Å². The van der Waals surface area contributed by atoms with Gasteiger partial charge < -0.3 is 9.26 Å². The maximum absolute atomic E-state index is 13.4. The number of aromatic nitrogens is 1. The molecule has 7 heteroatoms. The van der Waals surface area contributed by atoms with Crippen molar-refractivity contribution < 1.29 is 22.8 Å². The summed E-state index contributed by atoms with van der Waals surface area (Å²) in [4.78, 5) is 12.6. The Morgan fingerprint density at radius 3 is 2.68 bits per heavy atom. The van der Waals surface area contributed by atoms with Crippen LogP contribution < -0.4 is 0 Å². The minimum Gasteiger partial charge on any atom is -0.455 e. The molecule has 1 aromatic carbocycles. The van der Waals surface area contributed by atoms with Gasteiger partial charge in [0.1, 0.15) is 29.5 Å². The molecule has 0 aliphatic rings. The SMILES string of the molecule is O=C(OCc1cc(-c2cccs2)on1)c1c(F)cccc1F. The molecule has 0 N–H and O–H groups in total. The van der Waals surface area contributed by atoms with Crippen LogP contribution in [0.4, 0.5) is 8.78 Å². The van der Waals surface area contributed by atoms with Crippen LogP contribution >= 0.6 is 11.3 Å². The lowest BCUT2D eigenvalue weighted by atomic mass is 10.2. The van der Waals surface area contributed by atoms with Gasteiger partial charge in [0.2, 0.25) is 0 Å². The molecule has 0 aliphatic carbocycles. The van der Waals surface area contributed by atoms with Gasteiger partial charge in [0.25, 0.3) is 0 Å². The Hall–Kier alpha value is -2.54. The molecule has 0 saturated heterocycles. The summed E-state index contributed by atoms with van der Waals surface area (Å²) in [5, 5.41) is 5.64. The molecule has 3 aromatic rings. The third-order valence-corrected chi connectivity index (χ3v) is 3.73. The fourth-order valence-electron chi connectivity index (χ4n) is 1.82. The molecule has 0 fully saturated rings. The summed E-state index contributed by atoms with van der Waals surface area (Å²) >= 11 is 1.47. The number of benzene rings is 1. The van der Waals surface area contributed by atoms with Crippen molar-refractivity contribution in [3.05, 3.63) is 64.7 Å². The topological polar surface area (TPSA) is 52.3 Å². The predicted molar refractivity (Wildman–Crippen MR) is 75.3 cm³/mol. The minimum atomic E-state index is -1.09. The van der Waals surface area contributed by atoms with Crippen molar-refractivity contribution in [2.75, 3.05) is 0 Å². The van der Waals surface area contributed by atoms with E-state index in [9.17, 15) is 13.6 Å². The van der Waals surface area contributed by atoms with Crippen LogP contribution in [0.5, 0.6) is 0 Å². The lowest BCUT2D eigenvalue weighted by Crippen LogP contribution is -2.10. The highest BCUT2D eigenvalue weighted by Gasteiger charge is 2.19. The van der Waals surface area contributed by atoms with Gasteiger partial charge in [-0.1, -0.05) is 17.3 Å². The van der Waals surface area contributed by atoms with Crippen LogP contribution in [0.15, 0.2) is 46.3 Å². The second-order valence-electron chi connectivity index (χ2n) is 4.33. The smallest absolute Gasteiger partial charge is 0.344 e. The van der Waals surface area contributed by atoms with Crippen molar-refractivity contribution in [3.8, 4) is 10.6 Å². The molecule has 0 unspecified atom stereocenters. The molecule has 3 rings (SSSR count). The number of rotatable bonds is 4. The molecule has 2 heterocycles. The first kappa shape index (κ1) is 14.4. The molecule has 112 valence electrons. The molecule has 0 atom stereocenters. The first-order valence-corrected chi connectivity index (χ1v) is 7.13. The second-order valence-corrected chi connectivity index (χ2v) is 5.28. The van der Waals surface area contributed by atoms with Crippen molar-refractivity contribution >= 4 is 17.3 Å². The van der Waals surface area contributed by atoms with E-state index in [1.165, 1.54) is 17.4 Å². The number of carbonyl (C=O) groups excluding carboxylic acids is 1. The average Bonchev–Trinajstić information content (AvgIpc) is 3.16. The van der Waals surface area contributed by atoms with E-state index >= 15 is 0 Å². The number of hydrogen-bond donors (Lipinski definition) is 0. The molecular weight excluding hydrogens is 312 g/mol. The van der Waals surface area contributed by atoms with Gasteiger partial charge in [-0.15, -0.1) is 11.3 Å². The molecule has 0 spiro atoms. The van der Waals surface area contributed by atoms with Gasteiger partial charge in [0.05, 0.1) is 4.88 Å². The van der Waals surface area contributed by atoms with Gasteiger partial charge in [-0.2, -0.15) is 0 Å². The van der Waals surface area contributed by atoms with E-state index in [-0.39, 0.29) is 6.61 Å².